The van der Waals surface area contributed by atoms with Crippen LogP contribution in [0.5, 0.6) is 11.5 Å². The van der Waals surface area contributed by atoms with E-state index in [1.54, 1.807) is 68.6 Å². The van der Waals surface area contributed by atoms with Crippen molar-refractivity contribution < 1.29 is 26.3 Å². The molecule has 3 aromatic rings. The van der Waals surface area contributed by atoms with Crippen molar-refractivity contribution in [2.24, 2.45) is 5.10 Å². The van der Waals surface area contributed by atoms with Crippen LogP contribution in [0.4, 0.5) is 5.69 Å². The number of methoxy groups -OCH3 is 2. The molecule has 0 spiro atoms. The van der Waals surface area contributed by atoms with Gasteiger partial charge in [0.2, 0.25) is 10.0 Å². The number of hydrazone groups is 1. The smallest absolute Gasteiger partial charge is 0.279 e. The van der Waals surface area contributed by atoms with Gasteiger partial charge in [0.05, 0.1) is 36.6 Å². The lowest BCUT2D eigenvalue weighted by molar-refractivity contribution is 0.368. The first-order valence-corrected chi connectivity index (χ1v) is 14.3. The van der Waals surface area contributed by atoms with Crippen LogP contribution in [0.15, 0.2) is 82.8 Å². The van der Waals surface area contributed by atoms with Gasteiger partial charge in [-0.2, -0.15) is 17.9 Å². The third-order valence-corrected chi connectivity index (χ3v) is 8.81. The number of benzene rings is 3. The first-order valence-electron chi connectivity index (χ1n) is 11.2. The first kappa shape index (κ1) is 25.5. The van der Waals surface area contributed by atoms with Crippen molar-refractivity contribution in [1.82, 2.24) is 4.41 Å². The number of rotatable bonds is 9. The Morgan fingerprint density at radius 3 is 2.28 bits per heavy atom. The molecule has 0 saturated carbocycles. The van der Waals surface area contributed by atoms with Crippen molar-refractivity contribution in [1.29, 1.82) is 0 Å². The highest BCUT2D eigenvalue weighted by atomic mass is 32.2. The molecule has 0 radical (unpaired) electrons. The summed E-state index contributed by atoms with van der Waals surface area (Å²) in [6.07, 6.45) is 0.284. The number of nitrogens with zero attached hydrogens (tertiary/aromatic N) is 2. The van der Waals surface area contributed by atoms with Gasteiger partial charge < -0.3 is 9.47 Å². The average molecular weight is 530 g/mol. The Bertz CT molecular complexity index is 1490. The van der Waals surface area contributed by atoms with Crippen LogP contribution >= 0.6 is 0 Å². The summed E-state index contributed by atoms with van der Waals surface area (Å²) < 4.78 is 65.6. The molecule has 190 valence electrons. The number of hydrogen-bond donors (Lipinski definition) is 1. The maximum atomic E-state index is 13.7. The highest BCUT2D eigenvalue weighted by Gasteiger charge is 2.38. The van der Waals surface area contributed by atoms with Gasteiger partial charge in [-0.05, 0) is 66.6 Å². The van der Waals surface area contributed by atoms with E-state index >= 15 is 0 Å². The van der Waals surface area contributed by atoms with Crippen LogP contribution < -0.4 is 14.2 Å². The highest BCUT2D eigenvalue weighted by molar-refractivity contribution is 7.92. The van der Waals surface area contributed by atoms with E-state index in [2.05, 4.69) is 9.82 Å². The summed E-state index contributed by atoms with van der Waals surface area (Å²) in [4.78, 5) is 0.0747. The Kier molecular flexibility index (Phi) is 7.23. The zero-order valence-corrected chi connectivity index (χ0v) is 21.7. The normalized spacial score (nSPS) is 15.9. The minimum atomic E-state index is -4.03. The molecule has 1 atom stereocenters. The van der Waals surface area contributed by atoms with Gasteiger partial charge in [-0.1, -0.05) is 24.3 Å². The standard InChI is InChI=1S/C25H27N3O6S2/c1-4-35(29,30)27-20-9-5-7-18(15-20)24-17-25(19-8-6-10-22(16-19)34-3)28(26-24)36(31,32)23-13-11-21(33-2)12-14-23/h5-16,25,27H,4,17H2,1-3H3/t25-/m0/s1. The largest absolute Gasteiger partial charge is 0.497 e. The zero-order valence-electron chi connectivity index (χ0n) is 20.1. The van der Waals surface area contributed by atoms with E-state index in [-0.39, 0.29) is 17.1 Å². The molecular formula is C25H27N3O6S2. The summed E-state index contributed by atoms with van der Waals surface area (Å²) in [6, 6.07) is 19.4. The molecular weight excluding hydrogens is 502 g/mol. The van der Waals surface area contributed by atoms with Crippen LogP contribution in [0.3, 0.4) is 0 Å². The van der Waals surface area contributed by atoms with Gasteiger partial charge in [0, 0.05) is 12.1 Å². The molecule has 0 fully saturated rings. The molecule has 3 aromatic carbocycles. The molecule has 36 heavy (non-hydrogen) atoms. The molecule has 1 N–H and O–H groups in total. The van der Waals surface area contributed by atoms with Crippen LogP contribution in [0.2, 0.25) is 0 Å². The fourth-order valence-electron chi connectivity index (χ4n) is 3.85. The SMILES string of the molecule is CCS(=O)(=O)Nc1cccc(C2=NN(S(=O)(=O)c3ccc(OC)cc3)[C@H](c3cccc(OC)c3)C2)c1. The van der Waals surface area contributed by atoms with Crippen molar-refractivity contribution in [2.45, 2.75) is 24.3 Å². The molecule has 11 heteroatoms. The molecule has 0 unspecified atom stereocenters. The Balaban J connectivity index is 1.77. The number of anilines is 1. The molecule has 1 aliphatic rings. The molecule has 0 amide bonds. The Labute approximate surface area is 211 Å². The quantitative estimate of drug-likeness (QED) is 0.448. The van der Waals surface area contributed by atoms with E-state index < -0.39 is 26.1 Å². The summed E-state index contributed by atoms with van der Waals surface area (Å²) in [5.74, 6) is 1.07. The molecule has 1 aliphatic heterocycles. The second-order valence-electron chi connectivity index (χ2n) is 8.08. The van der Waals surface area contributed by atoms with Gasteiger partial charge in [-0.25, -0.2) is 8.42 Å². The molecule has 0 aromatic heterocycles. The van der Waals surface area contributed by atoms with E-state index in [0.717, 1.165) is 4.41 Å². The Morgan fingerprint density at radius 1 is 0.917 bits per heavy atom. The van der Waals surface area contributed by atoms with Gasteiger partial charge in [-0.15, -0.1) is 0 Å². The van der Waals surface area contributed by atoms with Crippen LogP contribution in [0.1, 0.15) is 30.5 Å². The molecule has 9 nitrogen and oxygen atoms in total. The van der Waals surface area contributed by atoms with Gasteiger partial charge in [-0.3, -0.25) is 4.72 Å². The van der Waals surface area contributed by atoms with Crippen molar-refractivity contribution >= 4 is 31.4 Å². The van der Waals surface area contributed by atoms with Gasteiger partial charge in [0.15, 0.2) is 0 Å². The van der Waals surface area contributed by atoms with Gasteiger partial charge in [0.1, 0.15) is 11.5 Å². The van der Waals surface area contributed by atoms with E-state index in [4.69, 9.17) is 9.47 Å². The number of sulfonamides is 2. The fraction of sp³-hybridized carbons (Fsp3) is 0.240. The molecule has 0 aliphatic carbocycles. The summed E-state index contributed by atoms with van der Waals surface area (Å²) in [7, 11) is -4.44. The van der Waals surface area contributed by atoms with Crippen LogP contribution in [0, 0.1) is 0 Å². The predicted molar refractivity (Wildman–Crippen MR) is 138 cm³/mol. The van der Waals surface area contributed by atoms with E-state index in [1.807, 2.05) is 6.07 Å². The van der Waals surface area contributed by atoms with Crippen molar-refractivity contribution in [3.8, 4) is 11.5 Å². The monoisotopic (exact) mass is 529 g/mol. The lowest BCUT2D eigenvalue weighted by atomic mass is 9.99. The maximum absolute atomic E-state index is 13.7. The number of hydrogen-bond acceptors (Lipinski definition) is 7. The lowest BCUT2D eigenvalue weighted by Gasteiger charge is -2.23. The van der Waals surface area contributed by atoms with E-state index in [1.165, 1.54) is 19.2 Å². The second kappa shape index (κ2) is 10.2. The number of ether oxygens (including phenoxy) is 2. The Hall–Kier alpha value is -3.57. The van der Waals surface area contributed by atoms with E-state index in [9.17, 15) is 16.8 Å². The average Bonchev–Trinajstić information content (AvgIpc) is 3.35. The predicted octanol–water partition coefficient (Wildman–Crippen LogP) is 4.01. The molecule has 0 bridgehead atoms. The van der Waals surface area contributed by atoms with Crippen LogP contribution in [-0.4, -0.2) is 46.9 Å². The zero-order chi connectivity index (χ0) is 25.9. The fourth-order valence-corrected chi connectivity index (χ4v) is 5.92. The topological polar surface area (TPSA) is 114 Å². The van der Waals surface area contributed by atoms with Crippen molar-refractivity contribution in [2.75, 3.05) is 24.7 Å². The third kappa shape index (κ3) is 5.31. The van der Waals surface area contributed by atoms with Gasteiger partial charge in [0.25, 0.3) is 10.0 Å². The molecule has 1 heterocycles. The molecule has 0 saturated heterocycles. The minimum Gasteiger partial charge on any atom is -0.497 e. The maximum Gasteiger partial charge on any atom is 0.279 e. The van der Waals surface area contributed by atoms with Crippen LogP contribution in [-0.2, 0) is 20.0 Å². The molecule has 4 rings (SSSR count). The lowest BCUT2D eigenvalue weighted by Crippen LogP contribution is -2.27. The third-order valence-electron chi connectivity index (χ3n) is 5.80. The minimum absolute atomic E-state index is 0.0655. The van der Waals surface area contributed by atoms with Gasteiger partial charge >= 0.3 is 0 Å². The van der Waals surface area contributed by atoms with Crippen molar-refractivity contribution in [3.63, 3.8) is 0 Å². The summed E-state index contributed by atoms with van der Waals surface area (Å²) >= 11 is 0. The Morgan fingerprint density at radius 2 is 1.61 bits per heavy atom. The first-order chi connectivity index (χ1) is 17.2. The highest BCUT2D eigenvalue weighted by Crippen LogP contribution is 2.38. The second-order valence-corrected chi connectivity index (χ2v) is 11.9. The number of nitrogens with one attached hydrogen (secondary N) is 1. The van der Waals surface area contributed by atoms with Crippen LogP contribution in [0.25, 0.3) is 0 Å². The summed E-state index contributed by atoms with van der Waals surface area (Å²) in [5.41, 5.74) is 2.23. The van der Waals surface area contributed by atoms with Crippen molar-refractivity contribution in [3.05, 3.63) is 83.9 Å². The van der Waals surface area contributed by atoms with E-state index in [0.29, 0.717) is 34.0 Å². The summed E-state index contributed by atoms with van der Waals surface area (Å²) in [6.45, 7) is 1.55. The summed E-state index contributed by atoms with van der Waals surface area (Å²) in [5, 5.41) is 4.53.